The van der Waals surface area contributed by atoms with Gasteiger partial charge in [0.2, 0.25) is 0 Å². The molecule has 1 aromatic carbocycles. The monoisotopic (exact) mass is 384 g/mol. The normalized spacial score (nSPS) is 25.5. The second-order valence-electron chi connectivity index (χ2n) is 8.10. The number of fused-ring (bicyclic) bond motifs is 1. The summed E-state index contributed by atoms with van der Waals surface area (Å²) in [4.78, 5) is 13.1. The van der Waals surface area contributed by atoms with Gasteiger partial charge in [0.05, 0.1) is 12.9 Å². The summed E-state index contributed by atoms with van der Waals surface area (Å²) in [6, 6.07) is 8.17. The first-order valence-electron chi connectivity index (χ1n) is 9.22. The van der Waals surface area contributed by atoms with Crippen molar-refractivity contribution >= 4 is 11.2 Å². The molecular formula is C20H24N4O4. The Balaban J connectivity index is 1.74. The maximum absolute atomic E-state index is 10.3. The van der Waals surface area contributed by atoms with Crippen LogP contribution < -0.4 is 0 Å². The van der Waals surface area contributed by atoms with Gasteiger partial charge in [0.15, 0.2) is 11.9 Å². The second kappa shape index (κ2) is 6.89. The minimum atomic E-state index is -1.20. The molecule has 0 bridgehead atoms. The van der Waals surface area contributed by atoms with Gasteiger partial charge in [-0.2, -0.15) is 0 Å². The summed E-state index contributed by atoms with van der Waals surface area (Å²) in [7, 11) is 0. The Morgan fingerprint density at radius 3 is 2.36 bits per heavy atom. The standard InChI is InChI=1S/C20H24N4O4/c1-20(2,3)12-6-4-11(5-7-12)14-15-18(22-9-21-14)24(10-23-15)19-17(27)16(26)13(8-25)28-19/h4-7,9-10,13,16-17,19,25-27H,8H2,1-3H3/t13-,16-,17-,19-/m1/s1. The third-order valence-corrected chi connectivity index (χ3v) is 5.17. The van der Waals surface area contributed by atoms with E-state index in [4.69, 9.17) is 4.74 Å². The molecule has 1 aliphatic rings. The van der Waals surface area contributed by atoms with E-state index < -0.39 is 24.5 Å². The van der Waals surface area contributed by atoms with E-state index in [9.17, 15) is 15.3 Å². The average Bonchev–Trinajstić information content (AvgIpc) is 3.22. The van der Waals surface area contributed by atoms with Crippen molar-refractivity contribution in [2.24, 2.45) is 0 Å². The summed E-state index contributed by atoms with van der Waals surface area (Å²) in [5.74, 6) is 0. The van der Waals surface area contributed by atoms with Crippen LogP contribution in [-0.4, -0.2) is 59.8 Å². The minimum Gasteiger partial charge on any atom is -0.394 e. The summed E-state index contributed by atoms with van der Waals surface area (Å²) < 4.78 is 7.16. The topological polar surface area (TPSA) is 114 Å². The highest BCUT2D eigenvalue weighted by molar-refractivity contribution is 5.87. The maximum Gasteiger partial charge on any atom is 0.166 e. The highest BCUT2D eigenvalue weighted by atomic mass is 16.6. The molecule has 148 valence electrons. The summed E-state index contributed by atoms with van der Waals surface area (Å²) >= 11 is 0. The smallest absolute Gasteiger partial charge is 0.166 e. The van der Waals surface area contributed by atoms with Crippen molar-refractivity contribution in [3.05, 3.63) is 42.5 Å². The number of aromatic nitrogens is 4. The van der Waals surface area contributed by atoms with Gasteiger partial charge < -0.3 is 20.1 Å². The van der Waals surface area contributed by atoms with Crippen LogP contribution in [0, 0.1) is 0 Å². The summed E-state index contributed by atoms with van der Waals surface area (Å²) in [5, 5.41) is 29.6. The molecule has 28 heavy (non-hydrogen) atoms. The van der Waals surface area contributed by atoms with Crippen molar-refractivity contribution < 1.29 is 20.1 Å². The number of hydrogen-bond donors (Lipinski definition) is 3. The van der Waals surface area contributed by atoms with Crippen LogP contribution in [-0.2, 0) is 10.2 Å². The van der Waals surface area contributed by atoms with E-state index in [-0.39, 0.29) is 12.0 Å². The van der Waals surface area contributed by atoms with E-state index in [0.717, 1.165) is 5.56 Å². The van der Waals surface area contributed by atoms with Gasteiger partial charge in [0.25, 0.3) is 0 Å². The molecule has 4 atom stereocenters. The lowest BCUT2D eigenvalue weighted by Crippen LogP contribution is -2.33. The van der Waals surface area contributed by atoms with Crippen LogP contribution in [0.4, 0.5) is 0 Å². The lowest BCUT2D eigenvalue weighted by Gasteiger charge is -2.19. The summed E-state index contributed by atoms with van der Waals surface area (Å²) in [6.45, 7) is 6.09. The number of nitrogens with zero attached hydrogens (tertiary/aromatic N) is 4. The van der Waals surface area contributed by atoms with Gasteiger partial charge in [-0.3, -0.25) is 4.57 Å². The summed E-state index contributed by atoms with van der Waals surface area (Å²) in [5.41, 5.74) is 3.92. The van der Waals surface area contributed by atoms with Crippen LogP contribution >= 0.6 is 0 Å². The lowest BCUT2D eigenvalue weighted by atomic mass is 9.86. The molecule has 3 heterocycles. The number of ether oxygens (including phenoxy) is 1. The number of hydrogen-bond acceptors (Lipinski definition) is 7. The molecule has 0 aliphatic carbocycles. The number of imidazole rings is 1. The number of aliphatic hydroxyl groups is 3. The number of benzene rings is 1. The highest BCUT2D eigenvalue weighted by Crippen LogP contribution is 2.33. The fourth-order valence-corrected chi connectivity index (χ4v) is 3.49. The van der Waals surface area contributed by atoms with Crippen molar-refractivity contribution in [3.63, 3.8) is 0 Å². The van der Waals surface area contributed by atoms with Gasteiger partial charge in [0, 0.05) is 5.56 Å². The molecule has 0 spiro atoms. The van der Waals surface area contributed by atoms with Gasteiger partial charge in [-0.15, -0.1) is 0 Å². The molecule has 1 saturated heterocycles. The van der Waals surface area contributed by atoms with Crippen LogP contribution in [0.3, 0.4) is 0 Å². The van der Waals surface area contributed by atoms with Gasteiger partial charge >= 0.3 is 0 Å². The van der Waals surface area contributed by atoms with Gasteiger partial charge in [-0.25, -0.2) is 15.0 Å². The predicted octanol–water partition coefficient (Wildman–Crippen LogP) is 1.40. The Kier molecular flexibility index (Phi) is 4.67. The van der Waals surface area contributed by atoms with E-state index in [0.29, 0.717) is 16.9 Å². The van der Waals surface area contributed by atoms with Crippen LogP contribution in [0.2, 0.25) is 0 Å². The largest absolute Gasteiger partial charge is 0.394 e. The predicted molar refractivity (Wildman–Crippen MR) is 102 cm³/mol. The molecule has 1 aliphatic heterocycles. The van der Waals surface area contributed by atoms with Crippen molar-refractivity contribution in [2.75, 3.05) is 6.61 Å². The van der Waals surface area contributed by atoms with Crippen molar-refractivity contribution in [2.45, 2.75) is 50.7 Å². The molecule has 2 aromatic heterocycles. The maximum atomic E-state index is 10.3. The fourth-order valence-electron chi connectivity index (χ4n) is 3.49. The Labute approximate surface area is 162 Å². The molecule has 8 heteroatoms. The Morgan fingerprint density at radius 1 is 1.04 bits per heavy atom. The van der Waals surface area contributed by atoms with Gasteiger partial charge in [-0.05, 0) is 11.0 Å². The Bertz CT molecular complexity index is 980. The van der Waals surface area contributed by atoms with Crippen LogP contribution in [0.25, 0.3) is 22.4 Å². The highest BCUT2D eigenvalue weighted by Gasteiger charge is 2.44. The molecule has 0 saturated carbocycles. The van der Waals surface area contributed by atoms with Gasteiger partial charge in [-0.1, -0.05) is 45.0 Å². The first-order valence-corrected chi connectivity index (χ1v) is 9.22. The number of rotatable bonds is 3. The zero-order valence-corrected chi connectivity index (χ0v) is 16.0. The van der Waals surface area contributed by atoms with E-state index in [1.807, 2.05) is 12.1 Å². The van der Waals surface area contributed by atoms with E-state index in [2.05, 4.69) is 47.9 Å². The molecule has 1 fully saturated rings. The first kappa shape index (κ1) is 18.9. The Hall–Kier alpha value is -2.39. The Morgan fingerprint density at radius 2 is 1.75 bits per heavy atom. The lowest BCUT2D eigenvalue weighted by molar-refractivity contribution is -0.0511. The van der Waals surface area contributed by atoms with E-state index in [1.54, 1.807) is 4.57 Å². The van der Waals surface area contributed by atoms with Crippen molar-refractivity contribution in [1.29, 1.82) is 0 Å². The van der Waals surface area contributed by atoms with Crippen LogP contribution in [0.15, 0.2) is 36.9 Å². The minimum absolute atomic E-state index is 0.0567. The molecular weight excluding hydrogens is 360 g/mol. The quantitative estimate of drug-likeness (QED) is 0.625. The molecule has 0 unspecified atom stereocenters. The molecule has 3 N–H and O–H groups in total. The van der Waals surface area contributed by atoms with Crippen molar-refractivity contribution in [1.82, 2.24) is 19.5 Å². The summed E-state index contributed by atoms with van der Waals surface area (Å²) in [6.07, 6.45) is -1.17. The molecule has 8 nitrogen and oxygen atoms in total. The molecule has 0 radical (unpaired) electrons. The zero-order valence-electron chi connectivity index (χ0n) is 16.0. The van der Waals surface area contributed by atoms with Crippen LogP contribution in [0.5, 0.6) is 0 Å². The van der Waals surface area contributed by atoms with Crippen molar-refractivity contribution in [3.8, 4) is 11.3 Å². The van der Waals surface area contributed by atoms with Gasteiger partial charge in [0.1, 0.15) is 35.8 Å². The fraction of sp³-hybridized carbons (Fsp3) is 0.450. The van der Waals surface area contributed by atoms with E-state index in [1.165, 1.54) is 18.2 Å². The molecule has 3 aromatic rings. The van der Waals surface area contributed by atoms with Crippen LogP contribution in [0.1, 0.15) is 32.6 Å². The molecule has 4 rings (SSSR count). The first-order chi connectivity index (χ1) is 13.3. The third kappa shape index (κ3) is 3.08. The van der Waals surface area contributed by atoms with E-state index >= 15 is 0 Å². The molecule has 0 amide bonds. The average molecular weight is 384 g/mol. The second-order valence-corrected chi connectivity index (χ2v) is 8.10. The SMILES string of the molecule is CC(C)(C)c1ccc(-c2ncnc3c2ncn3[C@@H]2O[C@H](CO)[C@@H](O)[C@H]2O)cc1. The number of aliphatic hydroxyl groups excluding tert-OH is 3. The zero-order chi connectivity index (χ0) is 20.1. The third-order valence-electron chi connectivity index (χ3n) is 5.17.